The summed E-state index contributed by atoms with van der Waals surface area (Å²) in [5.41, 5.74) is -0.183. The van der Waals surface area contributed by atoms with Crippen molar-refractivity contribution in [2.24, 2.45) is 0 Å². The van der Waals surface area contributed by atoms with E-state index in [1.165, 1.54) is 18.6 Å². The van der Waals surface area contributed by atoms with Gasteiger partial charge >= 0.3 is 0 Å². The van der Waals surface area contributed by atoms with Gasteiger partial charge in [0.25, 0.3) is 0 Å². The summed E-state index contributed by atoms with van der Waals surface area (Å²) in [6.45, 7) is 1.72. The van der Waals surface area contributed by atoms with Crippen molar-refractivity contribution in [2.45, 2.75) is 25.4 Å². The fourth-order valence-corrected chi connectivity index (χ4v) is 2.90. The summed E-state index contributed by atoms with van der Waals surface area (Å²) in [6, 6.07) is 5.42. The Kier molecular flexibility index (Phi) is 5.53. The minimum atomic E-state index is -1.07. The molecule has 2 rings (SSSR count). The third kappa shape index (κ3) is 3.78. The van der Waals surface area contributed by atoms with E-state index in [1.807, 2.05) is 6.07 Å². The van der Waals surface area contributed by atoms with Crippen LogP contribution in [0.1, 0.15) is 24.3 Å². The SMILES string of the molecule is CO[C@@H](C)CC(=O)[C@@H](C#N)c1nc(-c2c(F)cccc2F)cs1. The standard InChI is InChI=1S/C16H14F2N2O2S/c1-9(22-2)6-14(21)10(7-19)16-20-13(8-23-16)15-11(17)4-3-5-12(15)18/h3-5,8-10H,6H2,1-2H3/t9-,10+/m0/s1. The molecule has 0 amide bonds. The first-order valence-electron chi connectivity index (χ1n) is 6.82. The Bertz CT molecular complexity index is 735. The van der Waals surface area contributed by atoms with Crippen molar-refractivity contribution in [3.8, 4) is 17.3 Å². The number of benzene rings is 1. The van der Waals surface area contributed by atoms with Crippen molar-refractivity contribution in [2.75, 3.05) is 7.11 Å². The van der Waals surface area contributed by atoms with E-state index in [4.69, 9.17) is 4.74 Å². The average molecular weight is 336 g/mol. The number of thiazole rings is 1. The molecule has 0 bridgehead atoms. The number of ether oxygens (including phenoxy) is 1. The van der Waals surface area contributed by atoms with Crippen molar-refractivity contribution < 1.29 is 18.3 Å². The summed E-state index contributed by atoms with van der Waals surface area (Å²) < 4.78 is 32.6. The number of nitriles is 1. The van der Waals surface area contributed by atoms with Crippen LogP contribution in [-0.4, -0.2) is 24.0 Å². The summed E-state index contributed by atoms with van der Waals surface area (Å²) in [5, 5.41) is 10.9. The van der Waals surface area contributed by atoms with E-state index >= 15 is 0 Å². The molecule has 1 aromatic heterocycles. The molecule has 2 aromatic rings. The molecule has 0 aliphatic heterocycles. The smallest absolute Gasteiger partial charge is 0.159 e. The van der Waals surface area contributed by atoms with E-state index in [1.54, 1.807) is 6.92 Å². The first-order chi connectivity index (χ1) is 11.0. The number of rotatable bonds is 6. The van der Waals surface area contributed by atoms with E-state index in [2.05, 4.69) is 4.98 Å². The molecule has 1 aromatic carbocycles. The lowest BCUT2D eigenvalue weighted by Gasteiger charge is -2.10. The van der Waals surface area contributed by atoms with Crippen molar-refractivity contribution in [1.29, 1.82) is 5.26 Å². The summed E-state index contributed by atoms with van der Waals surface area (Å²) in [4.78, 5) is 16.2. The van der Waals surface area contributed by atoms with Crippen LogP contribution in [0.15, 0.2) is 23.6 Å². The molecule has 23 heavy (non-hydrogen) atoms. The van der Waals surface area contributed by atoms with Gasteiger partial charge in [-0.1, -0.05) is 6.07 Å². The van der Waals surface area contributed by atoms with Crippen LogP contribution in [0.3, 0.4) is 0 Å². The molecule has 0 fully saturated rings. The van der Waals surface area contributed by atoms with Gasteiger partial charge < -0.3 is 4.74 Å². The molecule has 0 saturated heterocycles. The van der Waals surface area contributed by atoms with Gasteiger partial charge in [-0.3, -0.25) is 4.79 Å². The number of ketones is 1. The second-order valence-corrected chi connectivity index (χ2v) is 5.84. The zero-order chi connectivity index (χ0) is 17.0. The highest BCUT2D eigenvalue weighted by Gasteiger charge is 2.26. The Morgan fingerprint density at radius 3 is 2.65 bits per heavy atom. The van der Waals surface area contributed by atoms with Crippen LogP contribution in [0.2, 0.25) is 0 Å². The topological polar surface area (TPSA) is 63.0 Å². The molecule has 1 heterocycles. The highest BCUT2D eigenvalue weighted by atomic mass is 32.1. The molecular weight excluding hydrogens is 322 g/mol. The number of hydrogen-bond donors (Lipinski definition) is 0. The second-order valence-electron chi connectivity index (χ2n) is 4.95. The third-order valence-corrected chi connectivity index (χ3v) is 4.24. The Morgan fingerprint density at radius 1 is 1.43 bits per heavy atom. The highest BCUT2D eigenvalue weighted by Crippen LogP contribution is 2.30. The number of Topliss-reactive ketones (excluding diaryl/α,β-unsaturated/α-hetero) is 1. The number of hydrogen-bond acceptors (Lipinski definition) is 5. The van der Waals surface area contributed by atoms with Crippen molar-refractivity contribution in [1.82, 2.24) is 4.98 Å². The van der Waals surface area contributed by atoms with Crippen LogP contribution in [0.4, 0.5) is 8.78 Å². The largest absolute Gasteiger partial charge is 0.381 e. The van der Waals surface area contributed by atoms with Crippen molar-refractivity contribution in [3.63, 3.8) is 0 Å². The lowest BCUT2D eigenvalue weighted by molar-refractivity contribution is -0.121. The minimum Gasteiger partial charge on any atom is -0.381 e. The number of aromatic nitrogens is 1. The number of nitrogens with zero attached hydrogens (tertiary/aromatic N) is 2. The fraction of sp³-hybridized carbons (Fsp3) is 0.312. The quantitative estimate of drug-likeness (QED) is 0.807. The maximum absolute atomic E-state index is 13.8. The maximum atomic E-state index is 13.8. The van der Waals surface area contributed by atoms with Gasteiger partial charge in [0.05, 0.1) is 23.4 Å². The molecule has 0 aliphatic carbocycles. The first-order valence-corrected chi connectivity index (χ1v) is 7.70. The first kappa shape index (κ1) is 17.2. The van der Waals surface area contributed by atoms with Gasteiger partial charge in [-0.25, -0.2) is 13.8 Å². The normalized spacial score (nSPS) is 13.3. The van der Waals surface area contributed by atoms with Crippen LogP contribution < -0.4 is 0 Å². The Morgan fingerprint density at radius 2 is 2.09 bits per heavy atom. The van der Waals surface area contributed by atoms with Crippen LogP contribution in [-0.2, 0) is 9.53 Å². The number of carbonyl (C=O) groups excluding carboxylic acids is 1. The molecular formula is C16H14F2N2O2S. The minimum absolute atomic E-state index is 0.0672. The van der Waals surface area contributed by atoms with Crippen LogP contribution >= 0.6 is 11.3 Å². The molecule has 7 heteroatoms. The predicted octanol–water partition coefficient (Wildman–Crippen LogP) is 3.69. The fourth-order valence-electron chi connectivity index (χ4n) is 2.03. The molecule has 120 valence electrons. The van der Waals surface area contributed by atoms with E-state index in [0.29, 0.717) is 0 Å². The lowest BCUT2D eigenvalue weighted by Crippen LogP contribution is -2.18. The number of methoxy groups -OCH3 is 1. The van der Waals surface area contributed by atoms with Gasteiger partial charge in [0.15, 0.2) is 11.7 Å². The zero-order valence-electron chi connectivity index (χ0n) is 12.5. The van der Waals surface area contributed by atoms with Crippen molar-refractivity contribution >= 4 is 17.1 Å². The summed E-state index contributed by atoms with van der Waals surface area (Å²) >= 11 is 1.03. The van der Waals surface area contributed by atoms with E-state index < -0.39 is 17.6 Å². The van der Waals surface area contributed by atoms with Crippen molar-refractivity contribution in [3.05, 3.63) is 40.2 Å². The highest BCUT2D eigenvalue weighted by molar-refractivity contribution is 7.10. The summed E-state index contributed by atoms with van der Waals surface area (Å²) in [7, 11) is 1.47. The van der Waals surface area contributed by atoms with Gasteiger partial charge in [0.1, 0.15) is 16.6 Å². The molecule has 0 N–H and O–H groups in total. The van der Waals surface area contributed by atoms with Gasteiger partial charge in [-0.2, -0.15) is 5.26 Å². The van der Waals surface area contributed by atoms with Gasteiger partial charge in [-0.15, -0.1) is 11.3 Å². The molecule has 0 spiro atoms. The summed E-state index contributed by atoms with van der Waals surface area (Å²) in [6.07, 6.45) is -0.251. The predicted molar refractivity (Wildman–Crippen MR) is 81.9 cm³/mol. The number of halogens is 2. The van der Waals surface area contributed by atoms with E-state index in [9.17, 15) is 18.8 Å². The van der Waals surface area contributed by atoms with Crippen LogP contribution in [0.5, 0.6) is 0 Å². The zero-order valence-corrected chi connectivity index (χ0v) is 13.4. The molecule has 4 nitrogen and oxygen atoms in total. The van der Waals surface area contributed by atoms with Crippen LogP contribution in [0, 0.1) is 23.0 Å². The van der Waals surface area contributed by atoms with E-state index in [0.717, 1.165) is 23.5 Å². The van der Waals surface area contributed by atoms with Gasteiger partial charge in [0.2, 0.25) is 0 Å². The van der Waals surface area contributed by atoms with Crippen LogP contribution in [0.25, 0.3) is 11.3 Å². The monoisotopic (exact) mass is 336 g/mol. The second kappa shape index (κ2) is 7.40. The molecule has 0 unspecified atom stereocenters. The van der Waals surface area contributed by atoms with Gasteiger partial charge in [-0.05, 0) is 19.1 Å². The Balaban J connectivity index is 2.31. The molecule has 0 saturated carbocycles. The Hall–Kier alpha value is -2.17. The van der Waals surface area contributed by atoms with E-state index in [-0.39, 0.29) is 34.6 Å². The molecule has 0 aliphatic rings. The van der Waals surface area contributed by atoms with Gasteiger partial charge in [0, 0.05) is 18.9 Å². The number of carbonyl (C=O) groups is 1. The molecule has 0 radical (unpaired) electrons. The third-order valence-electron chi connectivity index (χ3n) is 3.33. The average Bonchev–Trinajstić information content (AvgIpc) is 2.97. The molecule has 2 atom stereocenters. The lowest BCUT2D eigenvalue weighted by atomic mass is 10.0. The Labute approximate surface area is 136 Å². The maximum Gasteiger partial charge on any atom is 0.159 e. The summed E-state index contributed by atoms with van der Waals surface area (Å²) in [5.74, 6) is -2.89.